The van der Waals surface area contributed by atoms with Crippen LogP contribution in [0.1, 0.15) is 5.56 Å². The minimum Gasteiger partial charge on any atom is -0.497 e. The SMILES string of the molecule is COc1ccc(C(=Nc2ccccc2)Nc2ccc(Cl)c([N+](=O)[O-])c2)cc1.Cl. The van der Waals surface area contributed by atoms with Crippen molar-refractivity contribution in [3.05, 3.63) is 93.5 Å². The maximum Gasteiger partial charge on any atom is 0.289 e. The highest BCUT2D eigenvalue weighted by Crippen LogP contribution is 2.28. The lowest BCUT2D eigenvalue weighted by atomic mass is 10.1. The van der Waals surface area contributed by atoms with E-state index in [1.807, 2.05) is 54.6 Å². The highest BCUT2D eigenvalue weighted by Gasteiger charge is 2.14. The Labute approximate surface area is 173 Å². The lowest BCUT2D eigenvalue weighted by molar-refractivity contribution is -0.384. The molecule has 0 bridgehead atoms. The Morgan fingerprint density at radius 2 is 1.75 bits per heavy atom. The molecule has 3 aromatic carbocycles. The number of para-hydroxylation sites is 1. The van der Waals surface area contributed by atoms with Gasteiger partial charge in [-0.3, -0.25) is 10.1 Å². The number of ether oxygens (including phenoxy) is 1. The number of anilines is 1. The Morgan fingerprint density at radius 1 is 1.07 bits per heavy atom. The van der Waals surface area contributed by atoms with E-state index in [2.05, 4.69) is 10.3 Å². The minimum atomic E-state index is -0.519. The molecule has 0 aliphatic heterocycles. The molecule has 28 heavy (non-hydrogen) atoms. The highest BCUT2D eigenvalue weighted by molar-refractivity contribution is 6.32. The average molecular weight is 418 g/mol. The monoisotopic (exact) mass is 417 g/mol. The fraction of sp³-hybridized carbons (Fsp3) is 0.0500. The number of amidine groups is 1. The predicted octanol–water partition coefficient (Wildman–Crippen LogP) is 5.87. The van der Waals surface area contributed by atoms with Gasteiger partial charge in [0.2, 0.25) is 0 Å². The van der Waals surface area contributed by atoms with E-state index in [0.717, 1.165) is 17.0 Å². The average Bonchev–Trinajstić information content (AvgIpc) is 2.69. The van der Waals surface area contributed by atoms with Gasteiger partial charge in [0, 0.05) is 17.3 Å². The van der Waals surface area contributed by atoms with Gasteiger partial charge >= 0.3 is 0 Å². The van der Waals surface area contributed by atoms with Gasteiger partial charge in [-0.15, -0.1) is 12.4 Å². The number of rotatable bonds is 5. The van der Waals surface area contributed by atoms with Crippen LogP contribution in [0.15, 0.2) is 77.8 Å². The molecule has 8 heteroatoms. The smallest absolute Gasteiger partial charge is 0.289 e. The number of hydrogen-bond acceptors (Lipinski definition) is 4. The van der Waals surface area contributed by atoms with Crippen LogP contribution in [-0.2, 0) is 0 Å². The second kappa shape index (κ2) is 9.73. The molecule has 0 aromatic heterocycles. The van der Waals surface area contributed by atoms with Gasteiger partial charge in [0.15, 0.2) is 0 Å². The van der Waals surface area contributed by atoms with Crippen LogP contribution in [0.2, 0.25) is 5.02 Å². The van der Waals surface area contributed by atoms with Crippen molar-refractivity contribution in [2.75, 3.05) is 12.4 Å². The van der Waals surface area contributed by atoms with E-state index < -0.39 is 4.92 Å². The van der Waals surface area contributed by atoms with E-state index in [0.29, 0.717) is 11.5 Å². The quantitative estimate of drug-likeness (QED) is 0.243. The van der Waals surface area contributed by atoms with Crippen molar-refractivity contribution in [2.24, 2.45) is 4.99 Å². The van der Waals surface area contributed by atoms with Crippen LogP contribution in [0.3, 0.4) is 0 Å². The van der Waals surface area contributed by atoms with Gasteiger partial charge in [0.05, 0.1) is 17.7 Å². The molecule has 0 saturated heterocycles. The second-order valence-corrected chi connectivity index (χ2v) is 5.98. The van der Waals surface area contributed by atoms with Gasteiger partial charge in [-0.05, 0) is 48.5 Å². The van der Waals surface area contributed by atoms with Crippen molar-refractivity contribution < 1.29 is 9.66 Å². The molecule has 0 aliphatic rings. The molecule has 0 aliphatic carbocycles. The number of halogens is 2. The molecule has 3 rings (SSSR count). The molecule has 3 aromatic rings. The van der Waals surface area contributed by atoms with Crippen molar-refractivity contribution in [2.45, 2.75) is 0 Å². The molecule has 0 saturated carbocycles. The fourth-order valence-electron chi connectivity index (χ4n) is 2.41. The van der Waals surface area contributed by atoms with Crippen molar-refractivity contribution >= 4 is 46.9 Å². The summed E-state index contributed by atoms with van der Waals surface area (Å²) in [5.41, 5.74) is 1.89. The second-order valence-electron chi connectivity index (χ2n) is 5.57. The Balaban J connectivity index is 0.00000280. The molecule has 1 N–H and O–H groups in total. The maximum absolute atomic E-state index is 11.1. The summed E-state index contributed by atoms with van der Waals surface area (Å²) < 4.78 is 5.19. The third kappa shape index (κ3) is 5.22. The number of nitrogens with one attached hydrogen (secondary N) is 1. The minimum absolute atomic E-state index is 0. The Kier molecular flexibility index (Phi) is 7.37. The molecule has 0 spiro atoms. The third-order valence-corrected chi connectivity index (χ3v) is 4.09. The van der Waals surface area contributed by atoms with E-state index in [-0.39, 0.29) is 23.1 Å². The normalized spacial score (nSPS) is 10.7. The van der Waals surface area contributed by atoms with Crippen LogP contribution < -0.4 is 10.1 Å². The topological polar surface area (TPSA) is 76.8 Å². The fourth-order valence-corrected chi connectivity index (χ4v) is 2.60. The summed E-state index contributed by atoms with van der Waals surface area (Å²) in [6.07, 6.45) is 0. The number of nitro groups is 1. The molecule has 0 unspecified atom stereocenters. The summed E-state index contributed by atoms with van der Waals surface area (Å²) in [6.45, 7) is 0. The molecule has 0 amide bonds. The zero-order valence-electron chi connectivity index (χ0n) is 14.8. The van der Waals surface area contributed by atoms with Crippen LogP contribution >= 0.6 is 24.0 Å². The molecule has 0 atom stereocenters. The summed E-state index contributed by atoms with van der Waals surface area (Å²) in [4.78, 5) is 15.3. The first-order valence-electron chi connectivity index (χ1n) is 8.06. The third-order valence-electron chi connectivity index (χ3n) is 3.77. The van der Waals surface area contributed by atoms with E-state index in [1.54, 1.807) is 13.2 Å². The first-order valence-corrected chi connectivity index (χ1v) is 8.44. The lowest BCUT2D eigenvalue weighted by Gasteiger charge is -2.11. The standard InChI is InChI=1S/C20H16ClN3O3.ClH/c1-27-17-10-7-14(8-11-17)20(22-15-5-3-2-4-6-15)23-16-9-12-18(21)19(13-16)24(25)26;/h2-13H,1H3,(H,22,23);1H. The number of aliphatic imine (C=N–C) groups is 1. The Hall–Kier alpha value is -3.09. The molecule has 6 nitrogen and oxygen atoms in total. The van der Waals surface area contributed by atoms with Crippen LogP contribution in [0, 0.1) is 10.1 Å². The highest BCUT2D eigenvalue weighted by atomic mass is 35.5. The van der Waals surface area contributed by atoms with Gasteiger partial charge < -0.3 is 10.1 Å². The summed E-state index contributed by atoms with van der Waals surface area (Å²) in [5.74, 6) is 1.26. The van der Waals surface area contributed by atoms with Crippen LogP contribution in [0.4, 0.5) is 17.1 Å². The van der Waals surface area contributed by atoms with Gasteiger partial charge in [-0.1, -0.05) is 29.8 Å². The number of methoxy groups -OCH3 is 1. The van der Waals surface area contributed by atoms with Gasteiger partial charge in [-0.25, -0.2) is 4.99 Å². The largest absolute Gasteiger partial charge is 0.497 e. The summed E-state index contributed by atoms with van der Waals surface area (Å²) >= 11 is 5.89. The predicted molar refractivity (Wildman–Crippen MR) is 115 cm³/mol. The first kappa shape index (κ1) is 21.2. The first-order chi connectivity index (χ1) is 13.1. The molecule has 144 valence electrons. The maximum atomic E-state index is 11.1. The number of nitrogens with zero attached hydrogens (tertiary/aromatic N) is 2. The van der Waals surface area contributed by atoms with Gasteiger partial charge in [0.1, 0.15) is 16.6 Å². The van der Waals surface area contributed by atoms with E-state index in [9.17, 15) is 10.1 Å². The van der Waals surface area contributed by atoms with E-state index in [1.165, 1.54) is 12.1 Å². The number of nitro benzene ring substituents is 1. The molecule has 0 radical (unpaired) electrons. The summed E-state index contributed by atoms with van der Waals surface area (Å²) in [5, 5.41) is 14.4. The molecular weight excluding hydrogens is 401 g/mol. The molecular formula is C20H17Cl2N3O3. The molecule has 0 fully saturated rings. The zero-order valence-corrected chi connectivity index (χ0v) is 16.4. The van der Waals surface area contributed by atoms with Crippen molar-refractivity contribution in [3.8, 4) is 5.75 Å². The van der Waals surface area contributed by atoms with Crippen molar-refractivity contribution in [3.63, 3.8) is 0 Å². The van der Waals surface area contributed by atoms with E-state index >= 15 is 0 Å². The number of benzene rings is 3. The Morgan fingerprint density at radius 3 is 2.36 bits per heavy atom. The summed E-state index contributed by atoms with van der Waals surface area (Å²) in [7, 11) is 1.60. The summed E-state index contributed by atoms with van der Waals surface area (Å²) in [6, 6.07) is 21.3. The van der Waals surface area contributed by atoms with Crippen LogP contribution in [-0.4, -0.2) is 17.9 Å². The van der Waals surface area contributed by atoms with Crippen LogP contribution in [0.5, 0.6) is 5.75 Å². The van der Waals surface area contributed by atoms with Crippen molar-refractivity contribution in [1.29, 1.82) is 0 Å². The number of hydrogen-bond donors (Lipinski definition) is 1. The molecule has 0 heterocycles. The lowest BCUT2D eigenvalue weighted by Crippen LogP contribution is -2.13. The van der Waals surface area contributed by atoms with Crippen molar-refractivity contribution in [1.82, 2.24) is 0 Å². The van der Waals surface area contributed by atoms with E-state index in [4.69, 9.17) is 16.3 Å². The van der Waals surface area contributed by atoms with Crippen LogP contribution in [0.25, 0.3) is 0 Å². The van der Waals surface area contributed by atoms with Gasteiger partial charge in [0.25, 0.3) is 5.69 Å². The zero-order chi connectivity index (χ0) is 19.2. The Bertz CT molecular complexity index is 978. The van der Waals surface area contributed by atoms with Gasteiger partial charge in [-0.2, -0.15) is 0 Å².